The predicted octanol–water partition coefficient (Wildman–Crippen LogP) is 5.29. The van der Waals surface area contributed by atoms with Crippen LogP contribution in [0.2, 0.25) is 5.02 Å². The molecule has 0 spiro atoms. The lowest BCUT2D eigenvalue weighted by atomic mass is 10.2. The average Bonchev–Trinajstić information content (AvgIpc) is 3.03. The maximum Gasteiger partial charge on any atom is 0.127 e. The summed E-state index contributed by atoms with van der Waals surface area (Å²) in [5.41, 5.74) is 3.23. The van der Waals surface area contributed by atoms with Crippen molar-refractivity contribution >= 4 is 45.6 Å². The number of fused-ring (bicyclic) bond motifs is 1. The Hall–Kier alpha value is -1.03. The Morgan fingerprint density at radius 2 is 2.20 bits per heavy atom. The van der Waals surface area contributed by atoms with Crippen molar-refractivity contribution in [2.24, 2.45) is 0 Å². The Morgan fingerprint density at radius 1 is 1.35 bits per heavy atom. The quantitative estimate of drug-likeness (QED) is 0.596. The van der Waals surface area contributed by atoms with Crippen LogP contribution in [0.15, 0.2) is 35.0 Å². The normalized spacial score (nSPS) is 12.9. The van der Waals surface area contributed by atoms with E-state index in [9.17, 15) is 0 Å². The van der Waals surface area contributed by atoms with Gasteiger partial charge in [0, 0.05) is 6.54 Å². The number of thiophene rings is 1. The second-order valence-electron chi connectivity index (χ2n) is 4.73. The average molecular weight is 325 g/mol. The van der Waals surface area contributed by atoms with Crippen molar-refractivity contribution in [2.75, 3.05) is 0 Å². The van der Waals surface area contributed by atoms with Crippen LogP contribution in [-0.4, -0.2) is 9.55 Å². The van der Waals surface area contributed by atoms with Gasteiger partial charge in [-0.25, -0.2) is 4.98 Å². The zero-order valence-electron chi connectivity index (χ0n) is 11.0. The van der Waals surface area contributed by atoms with E-state index >= 15 is 0 Å². The first-order chi connectivity index (χ1) is 9.66. The van der Waals surface area contributed by atoms with Crippen LogP contribution in [0, 0.1) is 0 Å². The Morgan fingerprint density at radius 3 is 2.90 bits per heavy atom. The van der Waals surface area contributed by atoms with E-state index < -0.39 is 0 Å². The number of benzene rings is 1. The monoisotopic (exact) mass is 324 g/mol. The van der Waals surface area contributed by atoms with Gasteiger partial charge in [0.15, 0.2) is 0 Å². The van der Waals surface area contributed by atoms with E-state index in [0.717, 1.165) is 29.8 Å². The van der Waals surface area contributed by atoms with Gasteiger partial charge in [0.2, 0.25) is 0 Å². The van der Waals surface area contributed by atoms with Gasteiger partial charge in [-0.2, -0.15) is 11.3 Å². The highest BCUT2D eigenvalue weighted by molar-refractivity contribution is 7.07. The fourth-order valence-corrected chi connectivity index (χ4v) is 3.43. The second-order valence-corrected chi connectivity index (χ2v) is 6.57. The number of imidazole rings is 1. The Labute approximate surface area is 132 Å². The lowest BCUT2D eigenvalue weighted by Crippen LogP contribution is -2.06. The van der Waals surface area contributed by atoms with Gasteiger partial charge in [-0.05, 0) is 47.9 Å². The van der Waals surface area contributed by atoms with E-state index in [-0.39, 0.29) is 5.38 Å². The maximum absolute atomic E-state index is 6.27. The number of halogens is 2. The van der Waals surface area contributed by atoms with Crippen LogP contribution in [0.25, 0.3) is 11.0 Å². The van der Waals surface area contributed by atoms with E-state index in [1.165, 1.54) is 5.56 Å². The summed E-state index contributed by atoms with van der Waals surface area (Å²) in [5, 5.41) is 4.82. The predicted molar refractivity (Wildman–Crippen MR) is 87.0 cm³/mol. The van der Waals surface area contributed by atoms with Gasteiger partial charge in [0.25, 0.3) is 0 Å². The van der Waals surface area contributed by atoms with Crippen molar-refractivity contribution in [3.63, 3.8) is 0 Å². The van der Waals surface area contributed by atoms with E-state index in [1.54, 1.807) is 11.3 Å². The van der Waals surface area contributed by atoms with E-state index in [0.29, 0.717) is 5.02 Å². The molecule has 3 rings (SSSR count). The van der Waals surface area contributed by atoms with Crippen molar-refractivity contribution < 1.29 is 0 Å². The van der Waals surface area contributed by atoms with Crippen molar-refractivity contribution in [1.29, 1.82) is 0 Å². The molecule has 5 heteroatoms. The van der Waals surface area contributed by atoms with Crippen LogP contribution < -0.4 is 0 Å². The molecule has 0 N–H and O–H groups in total. The number of para-hydroxylation sites is 1. The van der Waals surface area contributed by atoms with Gasteiger partial charge in [-0.3, -0.25) is 0 Å². The standard InChI is InChI=1S/C15H14Cl2N2S/c1-10(16)15-18-14-12(17)3-2-4-13(14)19(15)7-5-11-6-8-20-9-11/h2-4,6,8-10H,5,7H2,1H3. The van der Waals surface area contributed by atoms with Gasteiger partial charge in [0.1, 0.15) is 11.3 Å². The molecule has 0 aliphatic rings. The van der Waals surface area contributed by atoms with Crippen molar-refractivity contribution in [1.82, 2.24) is 9.55 Å². The highest BCUT2D eigenvalue weighted by Gasteiger charge is 2.16. The highest BCUT2D eigenvalue weighted by Crippen LogP contribution is 2.29. The van der Waals surface area contributed by atoms with Crippen LogP contribution in [-0.2, 0) is 13.0 Å². The van der Waals surface area contributed by atoms with Crippen LogP contribution in [0.5, 0.6) is 0 Å². The summed E-state index contributed by atoms with van der Waals surface area (Å²) in [4.78, 5) is 4.61. The highest BCUT2D eigenvalue weighted by atomic mass is 35.5. The van der Waals surface area contributed by atoms with Gasteiger partial charge in [0.05, 0.1) is 15.9 Å². The van der Waals surface area contributed by atoms with Gasteiger partial charge >= 0.3 is 0 Å². The zero-order chi connectivity index (χ0) is 14.1. The molecule has 0 amide bonds. The van der Waals surface area contributed by atoms with Crippen LogP contribution in [0.3, 0.4) is 0 Å². The molecule has 0 saturated heterocycles. The lowest BCUT2D eigenvalue weighted by Gasteiger charge is -2.10. The summed E-state index contributed by atoms with van der Waals surface area (Å²) in [5.74, 6) is 0.880. The molecule has 2 nitrogen and oxygen atoms in total. The van der Waals surface area contributed by atoms with Crippen molar-refractivity contribution in [2.45, 2.75) is 25.3 Å². The minimum absolute atomic E-state index is 0.138. The molecule has 0 aliphatic heterocycles. The Bertz CT molecular complexity index is 717. The summed E-state index contributed by atoms with van der Waals surface area (Å²) in [7, 11) is 0. The molecule has 1 unspecified atom stereocenters. The molecule has 0 radical (unpaired) electrons. The molecule has 2 aromatic heterocycles. The summed E-state index contributed by atoms with van der Waals surface area (Å²) in [6, 6.07) is 8.02. The third-order valence-corrected chi connectivity index (χ3v) is 4.55. The number of nitrogens with zero attached hydrogens (tertiary/aromatic N) is 2. The molecule has 104 valence electrons. The van der Waals surface area contributed by atoms with Crippen molar-refractivity contribution in [3.8, 4) is 0 Å². The third-order valence-electron chi connectivity index (χ3n) is 3.32. The lowest BCUT2D eigenvalue weighted by molar-refractivity contribution is 0.669. The van der Waals surface area contributed by atoms with E-state index in [2.05, 4.69) is 26.4 Å². The maximum atomic E-state index is 6.27. The second kappa shape index (κ2) is 5.76. The smallest absolute Gasteiger partial charge is 0.127 e. The number of alkyl halides is 1. The molecule has 3 aromatic rings. The largest absolute Gasteiger partial charge is 0.326 e. The summed E-state index contributed by atoms with van der Waals surface area (Å²) in [6.45, 7) is 2.80. The molecule has 0 saturated carbocycles. The first-order valence-electron chi connectivity index (χ1n) is 6.46. The number of rotatable bonds is 4. The Kier molecular flexibility index (Phi) is 4.01. The number of aromatic nitrogens is 2. The van der Waals surface area contributed by atoms with Crippen LogP contribution in [0.1, 0.15) is 23.7 Å². The first kappa shape index (κ1) is 13.9. The van der Waals surface area contributed by atoms with E-state index in [1.807, 2.05) is 25.1 Å². The number of aryl methyl sites for hydroxylation is 2. The van der Waals surface area contributed by atoms with E-state index in [4.69, 9.17) is 23.2 Å². The Balaban J connectivity index is 2.02. The summed E-state index contributed by atoms with van der Waals surface area (Å²) in [6.07, 6.45) is 0.970. The third kappa shape index (κ3) is 2.58. The van der Waals surface area contributed by atoms with Gasteiger partial charge < -0.3 is 4.57 Å². The van der Waals surface area contributed by atoms with Gasteiger partial charge in [-0.15, -0.1) is 11.6 Å². The molecule has 20 heavy (non-hydrogen) atoms. The molecule has 2 heterocycles. The fraction of sp³-hybridized carbons (Fsp3) is 0.267. The molecule has 0 aliphatic carbocycles. The topological polar surface area (TPSA) is 17.8 Å². The minimum Gasteiger partial charge on any atom is -0.326 e. The zero-order valence-corrected chi connectivity index (χ0v) is 13.3. The molecule has 1 atom stereocenters. The van der Waals surface area contributed by atoms with Crippen LogP contribution in [0.4, 0.5) is 0 Å². The van der Waals surface area contributed by atoms with Gasteiger partial charge in [-0.1, -0.05) is 17.7 Å². The number of hydrogen-bond donors (Lipinski definition) is 0. The van der Waals surface area contributed by atoms with Crippen LogP contribution >= 0.6 is 34.5 Å². The molecule has 1 aromatic carbocycles. The van der Waals surface area contributed by atoms with Crippen molar-refractivity contribution in [3.05, 3.63) is 51.4 Å². The summed E-state index contributed by atoms with van der Waals surface area (Å²) < 4.78 is 2.18. The first-order valence-corrected chi connectivity index (χ1v) is 8.22. The number of hydrogen-bond acceptors (Lipinski definition) is 2. The molecule has 0 fully saturated rings. The SMILES string of the molecule is CC(Cl)c1nc2c(Cl)cccc2n1CCc1ccsc1. The summed E-state index contributed by atoms with van der Waals surface area (Å²) >= 11 is 14.2. The molecular weight excluding hydrogens is 311 g/mol. The minimum atomic E-state index is -0.138. The molecule has 0 bridgehead atoms. The fourth-order valence-electron chi connectivity index (χ4n) is 2.35. The molecular formula is C15H14Cl2N2S.